The number of nitrogens with two attached hydrogens (primary N) is 1. The van der Waals surface area contributed by atoms with Gasteiger partial charge in [-0.2, -0.15) is 0 Å². The van der Waals surface area contributed by atoms with Crippen LogP contribution in [0.5, 0.6) is 0 Å². The molecule has 88 valence electrons. The summed E-state index contributed by atoms with van der Waals surface area (Å²) in [7, 11) is 0. The molecule has 0 saturated carbocycles. The smallest absolute Gasteiger partial charge is 0.304 e. The maximum absolute atomic E-state index is 10.5. The Balaban J connectivity index is 2.10. The maximum atomic E-state index is 10.5. The second kappa shape index (κ2) is 6.76. The van der Waals surface area contributed by atoms with Gasteiger partial charge in [-0.05, 0) is 19.4 Å². The van der Waals surface area contributed by atoms with Crippen LogP contribution in [0, 0.1) is 0 Å². The summed E-state index contributed by atoms with van der Waals surface area (Å²) < 4.78 is 0. The second-order valence-corrected chi connectivity index (χ2v) is 4.09. The molecule has 2 atom stereocenters. The first kappa shape index (κ1) is 12.4. The number of piperazine rings is 1. The highest BCUT2D eigenvalue weighted by Crippen LogP contribution is 2.05. The number of aliphatic carboxylic acids is 1. The third-order valence-electron chi connectivity index (χ3n) is 2.73. The largest absolute Gasteiger partial charge is 0.481 e. The van der Waals surface area contributed by atoms with E-state index in [1.165, 1.54) is 0 Å². The Bertz CT molecular complexity index is 191. The molecule has 0 aromatic heterocycles. The van der Waals surface area contributed by atoms with E-state index >= 15 is 0 Å². The molecule has 0 aromatic carbocycles. The van der Waals surface area contributed by atoms with Gasteiger partial charge >= 0.3 is 5.97 Å². The van der Waals surface area contributed by atoms with Crippen LogP contribution in [0.4, 0.5) is 0 Å². The van der Waals surface area contributed by atoms with Crippen molar-refractivity contribution in [2.75, 3.05) is 19.6 Å². The summed E-state index contributed by atoms with van der Waals surface area (Å²) in [4.78, 5) is 10.5. The number of nitrogens with one attached hydrogen (secondary N) is 2. The van der Waals surface area contributed by atoms with Crippen molar-refractivity contribution in [3.05, 3.63) is 0 Å². The molecule has 0 spiro atoms. The highest BCUT2D eigenvalue weighted by atomic mass is 16.4. The third kappa shape index (κ3) is 5.11. The van der Waals surface area contributed by atoms with Crippen LogP contribution in [-0.2, 0) is 4.79 Å². The first-order chi connectivity index (χ1) is 7.22. The zero-order valence-electron chi connectivity index (χ0n) is 9.04. The fraction of sp³-hybridized carbons (Fsp3) is 0.900. The number of carboxylic acid groups (broad SMARTS) is 1. The molecule has 1 heterocycles. The van der Waals surface area contributed by atoms with Crippen molar-refractivity contribution in [1.29, 1.82) is 0 Å². The van der Waals surface area contributed by atoms with Crippen LogP contribution in [0.2, 0.25) is 0 Å². The Hall–Kier alpha value is -0.650. The molecule has 0 aliphatic carbocycles. The van der Waals surface area contributed by atoms with Gasteiger partial charge in [0.05, 0.1) is 6.42 Å². The van der Waals surface area contributed by atoms with Crippen molar-refractivity contribution in [3.63, 3.8) is 0 Å². The van der Waals surface area contributed by atoms with E-state index in [-0.39, 0.29) is 12.5 Å². The predicted octanol–water partition coefficient (Wildman–Crippen LogP) is -0.480. The van der Waals surface area contributed by atoms with Gasteiger partial charge in [-0.25, -0.2) is 0 Å². The Morgan fingerprint density at radius 1 is 1.27 bits per heavy atom. The topological polar surface area (TPSA) is 87.4 Å². The van der Waals surface area contributed by atoms with Crippen LogP contribution in [0.15, 0.2) is 0 Å². The van der Waals surface area contributed by atoms with E-state index in [2.05, 4.69) is 10.6 Å². The van der Waals surface area contributed by atoms with Crippen LogP contribution >= 0.6 is 0 Å². The van der Waals surface area contributed by atoms with Crippen LogP contribution < -0.4 is 16.4 Å². The molecule has 1 aliphatic rings. The van der Waals surface area contributed by atoms with E-state index < -0.39 is 5.97 Å². The summed E-state index contributed by atoms with van der Waals surface area (Å²) in [5.74, 6) is -0.740. The van der Waals surface area contributed by atoms with Gasteiger partial charge in [0.1, 0.15) is 0 Å². The van der Waals surface area contributed by atoms with E-state index in [1.807, 2.05) is 0 Å². The van der Waals surface area contributed by atoms with Crippen LogP contribution in [0.3, 0.4) is 0 Å². The molecule has 15 heavy (non-hydrogen) atoms. The van der Waals surface area contributed by atoms with Crippen LogP contribution in [0.25, 0.3) is 0 Å². The van der Waals surface area contributed by atoms with Crippen molar-refractivity contribution < 1.29 is 9.90 Å². The minimum atomic E-state index is -0.740. The number of hydrogen-bond acceptors (Lipinski definition) is 4. The predicted molar refractivity (Wildman–Crippen MR) is 58.7 cm³/mol. The molecule has 0 amide bonds. The molecule has 5 nitrogen and oxygen atoms in total. The summed E-state index contributed by atoms with van der Waals surface area (Å²) in [5, 5.41) is 15.2. The molecule has 0 unspecified atom stereocenters. The molecule has 1 fully saturated rings. The van der Waals surface area contributed by atoms with E-state index in [9.17, 15) is 4.79 Å². The lowest BCUT2D eigenvalue weighted by molar-refractivity contribution is -0.137. The number of carboxylic acids is 1. The van der Waals surface area contributed by atoms with Gasteiger partial charge in [0, 0.05) is 25.2 Å². The van der Waals surface area contributed by atoms with Crippen molar-refractivity contribution >= 4 is 5.97 Å². The Labute approximate surface area is 90.4 Å². The fourth-order valence-electron chi connectivity index (χ4n) is 1.86. The normalized spacial score (nSPS) is 26.5. The highest BCUT2D eigenvalue weighted by Gasteiger charge is 2.20. The number of hydrogen-bond donors (Lipinski definition) is 4. The minimum absolute atomic E-state index is 0.0771. The molecular formula is C10H21N3O2. The molecule has 1 aliphatic heterocycles. The average Bonchev–Trinajstić information content (AvgIpc) is 2.20. The Kier molecular flexibility index (Phi) is 5.60. The van der Waals surface area contributed by atoms with E-state index in [1.54, 1.807) is 0 Å². The zero-order valence-corrected chi connectivity index (χ0v) is 9.04. The molecule has 0 bridgehead atoms. The maximum Gasteiger partial charge on any atom is 0.304 e. The first-order valence-electron chi connectivity index (χ1n) is 5.61. The lowest BCUT2D eigenvalue weighted by atomic mass is 10.0. The SMILES string of the molecule is NCCCC[C@@H]1CN[C@@H](CC(=O)O)CN1. The van der Waals surface area contributed by atoms with Crippen molar-refractivity contribution in [3.8, 4) is 0 Å². The Morgan fingerprint density at radius 2 is 1.93 bits per heavy atom. The average molecular weight is 215 g/mol. The summed E-state index contributed by atoms with van der Waals surface area (Å²) in [6.45, 7) is 2.36. The monoisotopic (exact) mass is 215 g/mol. The van der Waals surface area contributed by atoms with Gasteiger partial charge in [-0.3, -0.25) is 4.79 Å². The molecular weight excluding hydrogens is 194 g/mol. The van der Waals surface area contributed by atoms with E-state index in [0.717, 1.165) is 38.9 Å². The zero-order chi connectivity index (χ0) is 11.1. The summed E-state index contributed by atoms with van der Waals surface area (Å²) in [6, 6.07) is 0.551. The second-order valence-electron chi connectivity index (χ2n) is 4.09. The Morgan fingerprint density at radius 3 is 2.47 bits per heavy atom. The lowest BCUT2D eigenvalue weighted by Gasteiger charge is -2.30. The van der Waals surface area contributed by atoms with Crippen molar-refractivity contribution in [1.82, 2.24) is 10.6 Å². The summed E-state index contributed by atoms with van der Waals surface area (Å²) in [6.07, 6.45) is 3.52. The van der Waals surface area contributed by atoms with Crippen LogP contribution in [-0.4, -0.2) is 42.8 Å². The number of carbonyl (C=O) groups is 1. The molecule has 1 saturated heterocycles. The molecule has 0 aromatic rings. The van der Waals surface area contributed by atoms with E-state index in [0.29, 0.717) is 6.04 Å². The molecule has 5 heteroatoms. The van der Waals surface area contributed by atoms with Crippen molar-refractivity contribution in [2.45, 2.75) is 37.8 Å². The summed E-state index contributed by atoms with van der Waals surface area (Å²) >= 11 is 0. The fourth-order valence-corrected chi connectivity index (χ4v) is 1.86. The lowest BCUT2D eigenvalue weighted by Crippen LogP contribution is -2.54. The van der Waals surface area contributed by atoms with Crippen molar-refractivity contribution in [2.24, 2.45) is 5.73 Å². The molecule has 5 N–H and O–H groups in total. The highest BCUT2D eigenvalue weighted by molar-refractivity contribution is 5.67. The van der Waals surface area contributed by atoms with Gasteiger partial charge in [0.15, 0.2) is 0 Å². The summed E-state index contributed by atoms with van der Waals surface area (Å²) in [5.41, 5.74) is 5.42. The van der Waals surface area contributed by atoms with Gasteiger partial charge in [0.25, 0.3) is 0 Å². The van der Waals surface area contributed by atoms with E-state index in [4.69, 9.17) is 10.8 Å². The van der Waals surface area contributed by atoms with Gasteiger partial charge in [-0.15, -0.1) is 0 Å². The van der Waals surface area contributed by atoms with Gasteiger partial charge in [0.2, 0.25) is 0 Å². The first-order valence-corrected chi connectivity index (χ1v) is 5.61. The molecule has 0 radical (unpaired) electrons. The van der Waals surface area contributed by atoms with Gasteiger partial charge in [-0.1, -0.05) is 6.42 Å². The minimum Gasteiger partial charge on any atom is -0.481 e. The number of unbranched alkanes of at least 4 members (excludes halogenated alkanes) is 1. The quantitative estimate of drug-likeness (QED) is 0.450. The molecule has 1 rings (SSSR count). The standard InChI is InChI=1S/C10H21N3O2/c11-4-2-1-3-8-6-13-9(7-12-8)5-10(14)15/h8-9,12-13H,1-7,11H2,(H,14,15)/t8-,9+/m1/s1. The third-order valence-corrected chi connectivity index (χ3v) is 2.73. The van der Waals surface area contributed by atoms with Gasteiger partial charge < -0.3 is 21.5 Å². The van der Waals surface area contributed by atoms with Crippen LogP contribution in [0.1, 0.15) is 25.7 Å². The number of rotatable bonds is 6.